The van der Waals surface area contributed by atoms with E-state index in [9.17, 15) is 0 Å². The van der Waals surface area contributed by atoms with Crippen molar-refractivity contribution in [2.24, 2.45) is 11.1 Å². The van der Waals surface area contributed by atoms with Gasteiger partial charge in [-0.1, -0.05) is 12.1 Å². The van der Waals surface area contributed by atoms with Crippen LogP contribution in [-0.2, 0) is 0 Å². The number of rotatable bonds is 5. The predicted octanol–water partition coefficient (Wildman–Crippen LogP) is 2.37. The van der Waals surface area contributed by atoms with E-state index in [4.69, 9.17) is 10.2 Å². The monoisotopic (exact) mass is 231 g/mol. The number of hydrogen-bond donors (Lipinski definition) is 2. The second-order valence-electron chi connectivity index (χ2n) is 4.88. The number of fused-ring (bicyclic) bond motifs is 1. The van der Waals surface area contributed by atoms with Crippen molar-refractivity contribution in [3.8, 4) is 0 Å². The van der Waals surface area contributed by atoms with Gasteiger partial charge < -0.3 is 15.5 Å². The molecule has 0 amide bonds. The van der Waals surface area contributed by atoms with Crippen molar-refractivity contribution in [2.75, 3.05) is 18.4 Å². The summed E-state index contributed by atoms with van der Waals surface area (Å²) in [7, 11) is 0. The highest BCUT2D eigenvalue weighted by atomic mass is 16.4. The van der Waals surface area contributed by atoms with E-state index in [0.29, 0.717) is 11.4 Å². The third-order valence-corrected chi connectivity index (χ3v) is 3.54. The molecule has 1 saturated carbocycles. The molecule has 0 saturated heterocycles. The molecule has 0 radical (unpaired) electrons. The van der Waals surface area contributed by atoms with Gasteiger partial charge in [0.05, 0.1) is 0 Å². The van der Waals surface area contributed by atoms with Crippen molar-refractivity contribution in [2.45, 2.75) is 19.3 Å². The fourth-order valence-corrected chi connectivity index (χ4v) is 2.21. The molecule has 3 N–H and O–H groups in total. The number of hydrogen-bond acceptors (Lipinski definition) is 4. The number of anilines is 1. The Morgan fingerprint density at radius 3 is 2.88 bits per heavy atom. The molecule has 1 aromatic carbocycles. The van der Waals surface area contributed by atoms with Gasteiger partial charge in [0.25, 0.3) is 6.01 Å². The maximum atomic E-state index is 5.62. The minimum absolute atomic E-state index is 0.398. The zero-order valence-electron chi connectivity index (χ0n) is 9.78. The molecule has 1 aliphatic carbocycles. The quantitative estimate of drug-likeness (QED) is 0.829. The summed E-state index contributed by atoms with van der Waals surface area (Å²) in [6.07, 6.45) is 3.61. The SMILES string of the molecule is NCCC1(CNc2nc3ccccc3o2)CC1. The summed E-state index contributed by atoms with van der Waals surface area (Å²) in [4.78, 5) is 4.39. The van der Waals surface area contributed by atoms with Gasteiger partial charge in [-0.2, -0.15) is 4.98 Å². The molecular formula is C13H17N3O. The van der Waals surface area contributed by atoms with E-state index in [0.717, 1.165) is 30.6 Å². The molecule has 1 heterocycles. The van der Waals surface area contributed by atoms with Crippen LogP contribution in [0.25, 0.3) is 11.1 Å². The van der Waals surface area contributed by atoms with Gasteiger partial charge in [0.15, 0.2) is 5.58 Å². The molecule has 1 aromatic heterocycles. The number of oxazole rings is 1. The first-order chi connectivity index (χ1) is 8.31. The minimum atomic E-state index is 0.398. The van der Waals surface area contributed by atoms with Gasteiger partial charge in [0.2, 0.25) is 0 Å². The van der Waals surface area contributed by atoms with Crippen molar-refractivity contribution in [3.63, 3.8) is 0 Å². The molecule has 3 rings (SSSR count). The lowest BCUT2D eigenvalue weighted by atomic mass is 10.0. The van der Waals surface area contributed by atoms with Gasteiger partial charge in [-0.3, -0.25) is 0 Å². The van der Waals surface area contributed by atoms with Gasteiger partial charge in [-0.25, -0.2) is 0 Å². The smallest absolute Gasteiger partial charge is 0.295 e. The summed E-state index contributed by atoms with van der Waals surface area (Å²) in [6.45, 7) is 1.67. The van der Waals surface area contributed by atoms with E-state index in [1.54, 1.807) is 0 Å². The number of benzene rings is 1. The average Bonchev–Trinajstić information content (AvgIpc) is 2.98. The zero-order chi connectivity index (χ0) is 11.7. The number of nitrogens with two attached hydrogens (primary N) is 1. The van der Waals surface area contributed by atoms with Crippen LogP contribution >= 0.6 is 0 Å². The first-order valence-electron chi connectivity index (χ1n) is 6.11. The molecule has 4 heteroatoms. The van der Waals surface area contributed by atoms with Crippen LogP contribution in [0.1, 0.15) is 19.3 Å². The van der Waals surface area contributed by atoms with Crippen LogP contribution in [0.4, 0.5) is 6.01 Å². The molecule has 90 valence electrons. The molecule has 1 aliphatic rings. The van der Waals surface area contributed by atoms with E-state index < -0.39 is 0 Å². The first kappa shape index (κ1) is 10.6. The lowest BCUT2D eigenvalue weighted by molar-refractivity contribution is 0.490. The van der Waals surface area contributed by atoms with Crippen molar-refractivity contribution < 1.29 is 4.42 Å². The van der Waals surface area contributed by atoms with Crippen LogP contribution in [0, 0.1) is 5.41 Å². The Kier molecular flexibility index (Phi) is 2.52. The number of nitrogens with zero attached hydrogens (tertiary/aromatic N) is 1. The van der Waals surface area contributed by atoms with Gasteiger partial charge in [-0.05, 0) is 43.4 Å². The average molecular weight is 231 g/mol. The molecule has 0 bridgehead atoms. The van der Waals surface area contributed by atoms with Crippen LogP contribution < -0.4 is 11.1 Å². The Hall–Kier alpha value is -1.55. The summed E-state index contributed by atoms with van der Waals surface area (Å²) in [5, 5.41) is 3.29. The molecular weight excluding hydrogens is 214 g/mol. The fourth-order valence-electron chi connectivity index (χ4n) is 2.21. The Morgan fingerprint density at radius 1 is 1.35 bits per heavy atom. The Morgan fingerprint density at radius 2 is 2.18 bits per heavy atom. The normalized spacial score (nSPS) is 17.2. The number of aromatic nitrogens is 1. The van der Waals surface area contributed by atoms with Crippen LogP contribution in [0.5, 0.6) is 0 Å². The highest BCUT2D eigenvalue weighted by Gasteiger charge is 2.41. The predicted molar refractivity (Wildman–Crippen MR) is 67.8 cm³/mol. The standard InChI is InChI=1S/C13H17N3O/c14-8-7-13(5-6-13)9-15-12-16-10-3-1-2-4-11(10)17-12/h1-4H,5-9,14H2,(H,15,16). The third-order valence-electron chi connectivity index (χ3n) is 3.54. The Labute approximate surface area is 100 Å². The summed E-state index contributed by atoms with van der Waals surface area (Å²) in [5.41, 5.74) is 7.75. The second kappa shape index (κ2) is 4.04. The van der Waals surface area contributed by atoms with Crippen LogP contribution in [0.3, 0.4) is 0 Å². The number of nitrogens with one attached hydrogen (secondary N) is 1. The first-order valence-corrected chi connectivity index (χ1v) is 6.11. The molecule has 2 aromatic rings. The van der Waals surface area contributed by atoms with Gasteiger partial charge >= 0.3 is 0 Å². The molecule has 4 nitrogen and oxygen atoms in total. The third kappa shape index (κ3) is 2.13. The molecule has 0 spiro atoms. The summed E-state index contributed by atoms with van der Waals surface area (Å²) >= 11 is 0. The molecule has 0 unspecified atom stereocenters. The maximum absolute atomic E-state index is 5.62. The Balaban J connectivity index is 1.69. The number of para-hydroxylation sites is 2. The van der Waals surface area contributed by atoms with Gasteiger partial charge in [-0.15, -0.1) is 0 Å². The lowest BCUT2D eigenvalue weighted by Crippen LogP contribution is -2.19. The summed E-state index contributed by atoms with van der Waals surface area (Å²) in [5.74, 6) is 0. The van der Waals surface area contributed by atoms with Crippen molar-refractivity contribution in [3.05, 3.63) is 24.3 Å². The molecule has 0 atom stereocenters. The van der Waals surface area contributed by atoms with E-state index in [2.05, 4.69) is 10.3 Å². The van der Waals surface area contributed by atoms with Crippen molar-refractivity contribution in [1.82, 2.24) is 4.98 Å². The van der Waals surface area contributed by atoms with Gasteiger partial charge in [0, 0.05) is 6.54 Å². The molecule has 1 fully saturated rings. The second-order valence-corrected chi connectivity index (χ2v) is 4.88. The lowest BCUT2D eigenvalue weighted by Gasteiger charge is -2.13. The van der Waals surface area contributed by atoms with Crippen molar-refractivity contribution >= 4 is 17.1 Å². The topological polar surface area (TPSA) is 64.1 Å². The summed E-state index contributed by atoms with van der Waals surface area (Å²) < 4.78 is 5.62. The zero-order valence-corrected chi connectivity index (χ0v) is 9.78. The molecule has 0 aliphatic heterocycles. The highest BCUT2D eigenvalue weighted by molar-refractivity contribution is 5.74. The van der Waals surface area contributed by atoms with Gasteiger partial charge in [0.1, 0.15) is 5.52 Å². The largest absolute Gasteiger partial charge is 0.424 e. The maximum Gasteiger partial charge on any atom is 0.295 e. The highest BCUT2D eigenvalue weighted by Crippen LogP contribution is 2.48. The van der Waals surface area contributed by atoms with E-state index in [1.807, 2.05) is 24.3 Å². The van der Waals surface area contributed by atoms with E-state index in [1.165, 1.54) is 12.8 Å². The van der Waals surface area contributed by atoms with Crippen LogP contribution in [0.15, 0.2) is 28.7 Å². The minimum Gasteiger partial charge on any atom is -0.424 e. The van der Waals surface area contributed by atoms with E-state index >= 15 is 0 Å². The molecule has 17 heavy (non-hydrogen) atoms. The van der Waals surface area contributed by atoms with E-state index in [-0.39, 0.29) is 0 Å². The van der Waals surface area contributed by atoms with Crippen LogP contribution in [-0.4, -0.2) is 18.1 Å². The summed E-state index contributed by atoms with van der Waals surface area (Å²) in [6, 6.07) is 8.42. The van der Waals surface area contributed by atoms with Crippen molar-refractivity contribution in [1.29, 1.82) is 0 Å². The van der Waals surface area contributed by atoms with Crippen LogP contribution in [0.2, 0.25) is 0 Å². The fraction of sp³-hybridized carbons (Fsp3) is 0.462. The Bertz CT molecular complexity index is 483.